The molecule has 124 valence electrons. The molecule has 0 fully saturated rings. The number of primary sulfonamides is 1. The first kappa shape index (κ1) is 17.0. The van der Waals surface area contributed by atoms with E-state index in [1.54, 1.807) is 38.2 Å². The SMILES string of the molecule is C[C@@H](c1cccc(S(N)(=O)=O)c1)N(C)C(=O)NCc1ccco1. The van der Waals surface area contributed by atoms with Crippen LogP contribution in [0.5, 0.6) is 0 Å². The number of furan rings is 1. The number of nitrogens with two attached hydrogens (primary N) is 1. The van der Waals surface area contributed by atoms with Crippen molar-refractivity contribution in [3.8, 4) is 0 Å². The first-order valence-corrected chi connectivity index (χ1v) is 8.49. The van der Waals surface area contributed by atoms with E-state index in [-0.39, 0.29) is 23.5 Å². The number of rotatable bonds is 5. The Kier molecular flexibility index (Phi) is 5.07. The van der Waals surface area contributed by atoms with Crippen LogP contribution in [0, 0.1) is 0 Å². The second-order valence-corrected chi connectivity index (χ2v) is 6.70. The van der Waals surface area contributed by atoms with Gasteiger partial charge in [-0.05, 0) is 36.8 Å². The summed E-state index contributed by atoms with van der Waals surface area (Å²) in [4.78, 5) is 13.7. The molecule has 1 aromatic carbocycles. The van der Waals surface area contributed by atoms with Crippen molar-refractivity contribution >= 4 is 16.1 Å². The Bertz CT molecular complexity index is 772. The van der Waals surface area contributed by atoms with Crippen LogP contribution in [0.2, 0.25) is 0 Å². The van der Waals surface area contributed by atoms with Crippen molar-refractivity contribution in [2.75, 3.05) is 7.05 Å². The molecule has 0 aliphatic heterocycles. The summed E-state index contributed by atoms with van der Waals surface area (Å²) in [6, 6.07) is 9.11. The Balaban J connectivity index is 2.06. The molecule has 7 nitrogen and oxygen atoms in total. The average Bonchev–Trinajstić information content (AvgIpc) is 3.04. The summed E-state index contributed by atoms with van der Waals surface area (Å²) in [6.45, 7) is 2.08. The van der Waals surface area contributed by atoms with Crippen LogP contribution in [0.3, 0.4) is 0 Å². The van der Waals surface area contributed by atoms with Crippen LogP contribution >= 0.6 is 0 Å². The second-order valence-electron chi connectivity index (χ2n) is 5.14. The van der Waals surface area contributed by atoms with Gasteiger partial charge in [0.25, 0.3) is 0 Å². The molecule has 1 aromatic heterocycles. The Morgan fingerprint density at radius 3 is 2.70 bits per heavy atom. The van der Waals surface area contributed by atoms with Crippen molar-refractivity contribution in [3.05, 3.63) is 54.0 Å². The lowest BCUT2D eigenvalue weighted by atomic mass is 10.1. The lowest BCUT2D eigenvalue weighted by molar-refractivity contribution is 0.193. The van der Waals surface area contributed by atoms with Gasteiger partial charge in [-0.3, -0.25) is 0 Å². The van der Waals surface area contributed by atoms with Gasteiger partial charge < -0.3 is 14.6 Å². The van der Waals surface area contributed by atoms with E-state index in [0.29, 0.717) is 11.3 Å². The van der Waals surface area contributed by atoms with Gasteiger partial charge in [0.15, 0.2) is 0 Å². The number of urea groups is 1. The molecule has 2 aromatic rings. The van der Waals surface area contributed by atoms with Gasteiger partial charge in [-0.25, -0.2) is 18.4 Å². The third-order valence-electron chi connectivity index (χ3n) is 3.56. The minimum Gasteiger partial charge on any atom is -0.467 e. The van der Waals surface area contributed by atoms with Crippen molar-refractivity contribution in [3.63, 3.8) is 0 Å². The zero-order valence-electron chi connectivity index (χ0n) is 12.9. The predicted molar refractivity (Wildman–Crippen MR) is 84.9 cm³/mol. The number of carbonyl (C=O) groups is 1. The van der Waals surface area contributed by atoms with E-state index in [4.69, 9.17) is 9.56 Å². The molecular formula is C15H19N3O4S. The lowest BCUT2D eigenvalue weighted by Crippen LogP contribution is -2.38. The van der Waals surface area contributed by atoms with E-state index in [0.717, 1.165) is 0 Å². The smallest absolute Gasteiger partial charge is 0.318 e. The Morgan fingerprint density at radius 2 is 2.09 bits per heavy atom. The summed E-state index contributed by atoms with van der Waals surface area (Å²) in [5.74, 6) is 0.649. The molecule has 0 bridgehead atoms. The lowest BCUT2D eigenvalue weighted by Gasteiger charge is -2.25. The topological polar surface area (TPSA) is 106 Å². The molecule has 8 heteroatoms. The summed E-state index contributed by atoms with van der Waals surface area (Å²) >= 11 is 0. The van der Waals surface area contributed by atoms with Crippen molar-refractivity contribution in [2.45, 2.75) is 24.4 Å². The summed E-state index contributed by atoms with van der Waals surface area (Å²) in [5, 5.41) is 7.86. The fraction of sp³-hybridized carbons (Fsp3) is 0.267. The van der Waals surface area contributed by atoms with Crippen LogP contribution in [0.1, 0.15) is 24.3 Å². The van der Waals surface area contributed by atoms with Crippen LogP contribution in [0.15, 0.2) is 52.0 Å². The van der Waals surface area contributed by atoms with Crippen molar-refractivity contribution < 1.29 is 17.6 Å². The maximum Gasteiger partial charge on any atom is 0.318 e. The molecule has 0 saturated heterocycles. The van der Waals surface area contributed by atoms with Gasteiger partial charge in [-0.1, -0.05) is 12.1 Å². The molecule has 1 atom stereocenters. The zero-order valence-corrected chi connectivity index (χ0v) is 13.7. The molecule has 0 saturated carbocycles. The molecule has 1 heterocycles. The minimum absolute atomic E-state index is 0.0197. The highest BCUT2D eigenvalue weighted by molar-refractivity contribution is 7.89. The summed E-state index contributed by atoms with van der Waals surface area (Å²) in [6.07, 6.45) is 1.53. The third-order valence-corrected chi connectivity index (χ3v) is 4.48. The third kappa shape index (κ3) is 4.33. The van der Waals surface area contributed by atoms with Gasteiger partial charge in [0.2, 0.25) is 10.0 Å². The Hall–Kier alpha value is -2.32. The van der Waals surface area contributed by atoms with E-state index >= 15 is 0 Å². The fourth-order valence-corrected chi connectivity index (χ4v) is 2.62. The van der Waals surface area contributed by atoms with Gasteiger partial charge in [0, 0.05) is 7.05 Å². The number of hydrogen-bond donors (Lipinski definition) is 2. The summed E-state index contributed by atoms with van der Waals surface area (Å²) < 4.78 is 28.0. The zero-order chi connectivity index (χ0) is 17.0. The number of nitrogens with one attached hydrogen (secondary N) is 1. The maximum absolute atomic E-state index is 12.2. The van der Waals surface area contributed by atoms with E-state index in [1.807, 2.05) is 0 Å². The molecule has 0 aliphatic rings. The van der Waals surface area contributed by atoms with Gasteiger partial charge in [0.1, 0.15) is 5.76 Å². The molecule has 3 N–H and O–H groups in total. The quantitative estimate of drug-likeness (QED) is 0.868. The summed E-state index contributed by atoms with van der Waals surface area (Å²) in [7, 11) is -2.15. The van der Waals surface area contributed by atoms with Crippen LogP contribution in [-0.4, -0.2) is 26.4 Å². The first-order valence-electron chi connectivity index (χ1n) is 6.95. The van der Waals surface area contributed by atoms with E-state index in [1.165, 1.54) is 23.3 Å². The first-order chi connectivity index (χ1) is 10.8. The highest BCUT2D eigenvalue weighted by atomic mass is 32.2. The minimum atomic E-state index is -3.78. The average molecular weight is 337 g/mol. The molecule has 0 spiro atoms. The van der Waals surface area contributed by atoms with Crippen molar-refractivity contribution in [1.82, 2.24) is 10.2 Å². The van der Waals surface area contributed by atoms with Crippen LogP contribution in [-0.2, 0) is 16.6 Å². The van der Waals surface area contributed by atoms with E-state index in [9.17, 15) is 13.2 Å². The van der Waals surface area contributed by atoms with E-state index < -0.39 is 10.0 Å². The predicted octanol–water partition coefficient (Wildman–Crippen LogP) is 1.83. The number of hydrogen-bond acceptors (Lipinski definition) is 4. The Labute approximate surface area is 135 Å². The van der Waals surface area contributed by atoms with Crippen molar-refractivity contribution in [2.24, 2.45) is 5.14 Å². The van der Waals surface area contributed by atoms with Crippen LogP contribution < -0.4 is 10.5 Å². The molecule has 0 aliphatic carbocycles. The van der Waals surface area contributed by atoms with Crippen LogP contribution in [0.25, 0.3) is 0 Å². The highest BCUT2D eigenvalue weighted by Crippen LogP contribution is 2.21. The number of benzene rings is 1. The highest BCUT2D eigenvalue weighted by Gasteiger charge is 2.19. The number of amides is 2. The normalized spacial score (nSPS) is 12.7. The van der Waals surface area contributed by atoms with Gasteiger partial charge >= 0.3 is 6.03 Å². The van der Waals surface area contributed by atoms with E-state index in [2.05, 4.69) is 5.32 Å². The Morgan fingerprint density at radius 1 is 1.35 bits per heavy atom. The number of nitrogens with zero attached hydrogens (tertiary/aromatic N) is 1. The molecule has 23 heavy (non-hydrogen) atoms. The monoisotopic (exact) mass is 337 g/mol. The largest absolute Gasteiger partial charge is 0.467 e. The number of carbonyl (C=O) groups excluding carboxylic acids is 1. The van der Waals surface area contributed by atoms with Gasteiger partial charge in [0.05, 0.1) is 23.7 Å². The molecular weight excluding hydrogens is 318 g/mol. The fourth-order valence-electron chi connectivity index (χ4n) is 2.05. The molecule has 0 unspecified atom stereocenters. The summed E-state index contributed by atoms with van der Waals surface area (Å²) in [5.41, 5.74) is 0.673. The van der Waals surface area contributed by atoms with Crippen LogP contribution in [0.4, 0.5) is 4.79 Å². The maximum atomic E-state index is 12.2. The molecule has 2 amide bonds. The molecule has 2 rings (SSSR count). The van der Waals surface area contributed by atoms with Gasteiger partial charge in [-0.15, -0.1) is 0 Å². The van der Waals surface area contributed by atoms with Gasteiger partial charge in [-0.2, -0.15) is 0 Å². The standard InChI is InChI=1S/C15H19N3O4S/c1-11(12-5-3-7-14(9-12)23(16,20)21)18(2)15(19)17-10-13-6-4-8-22-13/h3-9,11H,10H2,1-2H3,(H,17,19)(H2,16,20,21)/t11-/m0/s1. The molecule has 0 radical (unpaired) electrons. The number of sulfonamides is 1. The van der Waals surface area contributed by atoms with Crippen molar-refractivity contribution in [1.29, 1.82) is 0 Å². The second kappa shape index (κ2) is 6.84.